The van der Waals surface area contributed by atoms with Crippen LogP contribution in [0.3, 0.4) is 0 Å². The zero-order valence-electron chi connectivity index (χ0n) is 14.7. The fraction of sp³-hybridized carbons (Fsp3) is 0.579. The number of amides is 1. The first kappa shape index (κ1) is 18.3. The summed E-state index contributed by atoms with van der Waals surface area (Å²) in [4.78, 5) is 27.5. The van der Waals surface area contributed by atoms with E-state index in [0.717, 1.165) is 38.0 Å². The van der Waals surface area contributed by atoms with Crippen molar-refractivity contribution in [2.75, 3.05) is 31.6 Å². The number of carbonyl (C=O) groups excluding carboxylic acids is 1. The first-order chi connectivity index (χ1) is 11.5. The van der Waals surface area contributed by atoms with E-state index < -0.39 is 5.97 Å². The molecule has 1 heterocycles. The van der Waals surface area contributed by atoms with E-state index in [-0.39, 0.29) is 12.3 Å². The Balaban J connectivity index is 1.96. The van der Waals surface area contributed by atoms with Crippen molar-refractivity contribution >= 4 is 17.6 Å². The molecule has 0 bridgehead atoms. The lowest BCUT2D eigenvalue weighted by atomic mass is 9.93. The van der Waals surface area contributed by atoms with Gasteiger partial charge in [0.2, 0.25) is 0 Å². The summed E-state index contributed by atoms with van der Waals surface area (Å²) in [5, 5.41) is 8.82. The molecule has 132 valence electrons. The number of benzene rings is 1. The predicted octanol–water partition coefficient (Wildman–Crippen LogP) is 3.25. The third-order valence-electron chi connectivity index (χ3n) is 4.69. The standard InChI is InChI=1S/C19H28N2O3/c1-3-12-20(2)17-9-7-16(8-10-17)19(24)21-13-4-5-15(14-21)6-11-18(22)23/h7-10,15H,3-6,11-14H2,1-2H3,(H,22,23). The Morgan fingerprint density at radius 2 is 2.00 bits per heavy atom. The van der Waals surface area contributed by atoms with Gasteiger partial charge in [0.25, 0.3) is 5.91 Å². The van der Waals surface area contributed by atoms with E-state index in [1.165, 1.54) is 0 Å². The summed E-state index contributed by atoms with van der Waals surface area (Å²) in [5.74, 6) is -0.404. The SMILES string of the molecule is CCCN(C)c1ccc(C(=O)N2CCCC(CCC(=O)O)C2)cc1. The zero-order chi connectivity index (χ0) is 17.5. The van der Waals surface area contributed by atoms with Gasteiger partial charge < -0.3 is 14.9 Å². The number of piperidine rings is 1. The molecule has 0 saturated carbocycles. The Labute approximate surface area is 144 Å². The third-order valence-corrected chi connectivity index (χ3v) is 4.69. The van der Waals surface area contributed by atoms with Gasteiger partial charge in [-0.2, -0.15) is 0 Å². The molecular formula is C19H28N2O3. The van der Waals surface area contributed by atoms with Crippen LogP contribution in [0.25, 0.3) is 0 Å². The number of anilines is 1. The maximum absolute atomic E-state index is 12.7. The largest absolute Gasteiger partial charge is 0.481 e. The van der Waals surface area contributed by atoms with E-state index in [2.05, 4.69) is 18.9 Å². The van der Waals surface area contributed by atoms with Crippen LogP contribution in [0.4, 0.5) is 5.69 Å². The van der Waals surface area contributed by atoms with E-state index in [0.29, 0.717) is 24.4 Å². The normalized spacial score (nSPS) is 17.6. The van der Waals surface area contributed by atoms with Crippen molar-refractivity contribution in [1.29, 1.82) is 0 Å². The van der Waals surface area contributed by atoms with Crippen molar-refractivity contribution < 1.29 is 14.7 Å². The van der Waals surface area contributed by atoms with Crippen LogP contribution in [-0.4, -0.2) is 48.6 Å². The fourth-order valence-electron chi connectivity index (χ4n) is 3.32. The summed E-state index contributed by atoms with van der Waals surface area (Å²) >= 11 is 0. The van der Waals surface area contributed by atoms with Crippen LogP contribution in [0.5, 0.6) is 0 Å². The third kappa shape index (κ3) is 4.98. The van der Waals surface area contributed by atoms with Gasteiger partial charge in [-0.1, -0.05) is 6.92 Å². The number of rotatable bonds is 7. The lowest BCUT2D eigenvalue weighted by Crippen LogP contribution is -2.40. The van der Waals surface area contributed by atoms with Gasteiger partial charge in [-0.3, -0.25) is 9.59 Å². The average molecular weight is 332 g/mol. The zero-order valence-corrected chi connectivity index (χ0v) is 14.7. The summed E-state index contributed by atoms with van der Waals surface area (Å²) in [7, 11) is 2.05. The maximum Gasteiger partial charge on any atom is 0.303 e. The Morgan fingerprint density at radius 1 is 1.29 bits per heavy atom. The molecule has 1 aromatic rings. The van der Waals surface area contributed by atoms with Gasteiger partial charge >= 0.3 is 5.97 Å². The van der Waals surface area contributed by atoms with Crippen molar-refractivity contribution in [2.24, 2.45) is 5.92 Å². The number of likely N-dealkylation sites (tertiary alicyclic amines) is 1. The topological polar surface area (TPSA) is 60.9 Å². The predicted molar refractivity (Wildman–Crippen MR) is 95.5 cm³/mol. The van der Waals surface area contributed by atoms with Crippen LogP contribution in [-0.2, 0) is 4.79 Å². The smallest absolute Gasteiger partial charge is 0.303 e. The second kappa shape index (κ2) is 8.71. The molecule has 0 radical (unpaired) electrons. The molecule has 0 aliphatic carbocycles. The molecular weight excluding hydrogens is 304 g/mol. The van der Waals surface area contributed by atoms with Crippen LogP contribution in [0.1, 0.15) is 49.4 Å². The van der Waals surface area contributed by atoms with E-state index >= 15 is 0 Å². The summed E-state index contributed by atoms with van der Waals surface area (Å²) in [5.41, 5.74) is 1.83. The molecule has 1 aliphatic rings. The monoisotopic (exact) mass is 332 g/mol. The lowest BCUT2D eigenvalue weighted by molar-refractivity contribution is -0.137. The number of carbonyl (C=O) groups is 2. The summed E-state index contributed by atoms with van der Waals surface area (Å²) in [6, 6.07) is 7.78. The summed E-state index contributed by atoms with van der Waals surface area (Å²) in [6.45, 7) is 4.57. The number of nitrogens with zero attached hydrogens (tertiary/aromatic N) is 2. The maximum atomic E-state index is 12.7. The second-order valence-corrected chi connectivity index (χ2v) is 6.66. The molecule has 1 fully saturated rings. The van der Waals surface area contributed by atoms with E-state index in [4.69, 9.17) is 5.11 Å². The van der Waals surface area contributed by atoms with Crippen molar-refractivity contribution in [1.82, 2.24) is 4.90 Å². The highest BCUT2D eigenvalue weighted by atomic mass is 16.4. The minimum Gasteiger partial charge on any atom is -0.481 e. The number of hydrogen-bond donors (Lipinski definition) is 1. The molecule has 0 aromatic heterocycles. The Hall–Kier alpha value is -2.04. The van der Waals surface area contributed by atoms with Gasteiger partial charge in [-0.25, -0.2) is 0 Å². The van der Waals surface area contributed by atoms with Crippen LogP contribution in [0.15, 0.2) is 24.3 Å². The van der Waals surface area contributed by atoms with Gasteiger partial charge in [0, 0.05) is 44.4 Å². The second-order valence-electron chi connectivity index (χ2n) is 6.66. The van der Waals surface area contributed by atoms with Gasteiger partial charge in [-0.15, -0.1) is 0 Å². The first-order valence-electron chi connectivity index (χ1n) is 8.83. The lowest BCUT2D eigenvalue weighted by Gasteiger charge is -2.32. The summed E-state index contributed by atoms with van der Waals surface area (Å²) in [6.07, 6.45) is 3.89. The van der Waals surface area contributed by atoms with Crippen molar-refractivity contribution in [3.05, 3.63) is 29.8 Å². The van der Waals surface area contributed by atoms with Crippen molar-refractivity contribution in [3.8, 4) is 0 Å². The Morgan fingerprint density at radius 3 is 2.62 bits per heavy atom. The molecule has 1 N–H and O–H groups in total. The van der Waals surface area contributed by atoms with Crippen LogP contribution in [0, 0.1) is 5.92 Å². The highest BCUT2D eigenvalue weighted by Crippen LogP contribution is 2.23. The van der Waals surface area contributed by atoms with Crippen LogP contribution >= 0.6 is 0 Å². The highest BCUT2D eigenvalue weighted by Gasteiger charge is 2.24. The number of aliphatic carboxylic acids is 1. The van der Waals surface area contributed by atoms with Crippen molar-refractivity contribution in [2.45, 2.75) is 39.0 Å². The fourth-order valence-corrected chi connectivity index (χ4v) is 3.32. The molecule has 1 aromatic carbocycles. The Kier molecular flexibility index (Phi) is 6.64. The van der Waals surface area contributed by atoms with Crippen LogP contribution < -0.4 is 4.90 Å². The minimum atomic E-state index is -0.759. The molecule has 5 nitrogen and oxygen atoms in total. The van der Waals surface area contributed by atoms with Gasteiger partial charge in [-0.05, 0) is 55.9 Å². The molecule has 0 spiro atoms. The molecule has 1 amide bonds. The van der Waals surface area contributed by atoms with E-state index in [1.807, 2.05) is 29.2 Å². The molecule has 1 unspecified atom stereocenters. The van der Waals surface area contributed by atoms with E-state index in [1.54, 1.807) is 0 Å². The quantitative estimate of drug-likeness (QED) is 0.832. The average Bonchev–Trinajstić information content (AvgIpc) is 2.60. The number of carboxylic acid groups (broad SMARTS) is 1. The molecule has 1 atom stereocenters. The molecule has 2 rings (SSSR count). The van der Waals surface area contributed by atoms with E-state index in [9.17, 15) is 9.59 Å². The molecule has 1 saturated heterocycles. The molecule has 1 aliphatic heterocycles. The van der Waals surface area contributed by atoms with Crippen LogP contribution in [0.2, 0.25) is 0 Å². The number of carboxylic acids is 1. The number of hydrogen-bond acceptors (Lipinski definition) is 3. The van der Waals surface area contributed by atoms with Gasteiger partial charge in [0.15, 0.2) is 0 Å². The van der Waals surface area contributed by atoms with Crippen molar-refractivity contribution in [3.63, 3.8) is 0 Å². The molecule has 5 heteroatoms. The van der Waals surface area contributed by atoms with Gasteiger partial charge in [0.05, 0.1) is 0 Å². The highest BCUT2D eigenvalue weighted by molar-refractivity contribution is 5.94. The first-order valence-corrected chi connectivity index (χ1v) is 8.83. The molecule has 24 heavy (non-hydrogen) atoms. The van der Waals surface area contributed by atoms with Gasteiger partial charge in [0.1, 0.15) is 0 Å². The summed E-state index contributed by atoms with van der Waals surface area (Å²) < 4.78 is 0. The minimum absolute atomic E-state index is 0.0553. The Bertz CT molecular complexity index is 556.